The van der Waals surface area contributed by atoms with Crippen LogP contribution in [0.15, 0.2) is 109 Å². The second-order valence-electron chi connectivity index (χ2n) is 8.75. The van der Waals surface area contributed by atoms with Gasteiger partial charge in [0.15, 0.2) is 0 Å². The summed E-state index contributed by atoms with van der Waals surface area (Å²) < 4.78 is 44.1. The number of nitrogens with one attached hydrogen (secondary N) is 4. The molecule has 0 bridgehead atoms. The van der Waals surface area contributed by atoms with Crippen LogP contribution in [-0.4, -0.2) is 19.2 Å². The molecule has 4 rings (SSSR count). The Kier molecular flexibility index (Phi) is 8.90. The SMILES string of the molecule is COc1ccccc1NC(=O)N[C@@H](c1ccccc1)[C@@H](NC(=O)Nc1ccc(C(F)(F)F)cc1)c1ccccc1. The first kappa shape index (κ1) is 28.0. The van der Waals surface area contributed by atoms with Crippen LogP contribution in [-0.2, 0) is 6.18 Å². The van der Waals surface area contributed by atoms with Gasteiger partial charge in [-0.3, -0.25) is 0 Å². The Labute approximate surface area is 229 Å². The van der Waals surface area contributed by atoms with Crippen LogP contribution in [0.3, 0.4) is 0 Å². The van der Waals surface area contributed by atoms with Crippen LogP contribution in [0, 0.1) is 0 Å². The van der Waals surface area contributed by atoms with E-state index < -0.39 is 35.9 Å². The van der Waals surface area contributed by atoms with Crippen LogP contribution < -0.4 is 26.0 Å². The van der Waals surface area contributed by atoms with Crippen molar-refractivity contribution < 1.29 is 27.5 Å². The lowest BCUT2D eigenvalue weighted by Gasteiger charge is -2.30. The average molecular weight is 549 g/mol. The summed E-state index contributed by atoms with van der Waals surface area (Å²) in [5.74, 6) is 0.475. The number of rotatable bonds is 8. The molecule has 0 aliphatic carbocycles. The van der Waals surface area contributed by atoms with Crippen molar-refractivity contribution >= 4 is 23.4 Å². The fourth-order valence-corrected chi connectivity index (χ4v) is 4.14. The Bertz CT molecular complexity index is 1420. The van der Waals surface area contributed by atoms with E-state index in [4.69, 9.17) is 4.74 Å². The number of anilines is 2. The molecule has 4 amide bonds. The summed E-state index contributed by atoms with van der Waals surface area (Å²) in [5, 5.41) is 11.2. The average Bonchev–Trinajstić information content (AvgIpc) is 2.96. The normalized spacial score (nSPS) is 12.5. The van der Waals surface area contributed by atoms with Crippen molar-refractivity contribution in [3.05, 3.63) is 126 Å². The van der Waals surface area contributed by atoms with E-state index in [1.54, 1.807) is 48.5 Å². The van der Waals surface area contributed by atoms with Gasteiger partial charge in [0.1, 0.15) is 5.75 Å². The van der Waals surface area contributed by atoms with Gasteiger partial charge >= 0.3 is 18.2 Å². The molecule has 0 fully saturated rings. The van der Waals surface area contributed by atoms with Crippen LogP contribution in [0.4, 0.5) is 34.1 Å². The van der Waals surface area contributed by atoms with Crippen molar-refractivity contribution in [2.75, 3.05) is 17.7 Å². The molecular weight excluding hydrogens is 521 g/mol. The van der Waals surface area contributed by atoms with Crippen molar-refractivity contribution in [1.29, 1.82) is 0 Å². The zero-order chi connectivity index (χ0) is 28.5. The number of benzene rings is 4. The number of carbonyl (C=O) groups is 2. The summed E-state index contributed by atoms with van der Waals surface area (Å²) in [7, 11) is 1.50. The van der Waals surface area contributed by atoms with Gasteiger partial charge in [-0.25, -0.2) is 9.59 Å². The minimum Gasteiger partial charge on any atom is -0.495 e. The van der Waals surface area contributed by atoms with Crippen LogP contribution in [0.1, 0.15) is 28.8 Å². The number of hydrogen-bond acceptors (Lipinski definition) is 3. The van der Waals surface area contributed by atoms with E-state index in [0.29, 0.717) is 22.6 Å². The van der Waals surface area contributed by atoms with E-state index in [1.165, 1.54) is 19.2 Å². The molecule has 0 saturated heterocycles. The molecule has 4 N–H and O–H groups in total. The number of amides is 4. The first-order valence-corrected chi connectivity index (χ1v) is 12.3. The van der Waals surface area contributed by atoms with Gasteiger partial charge in [0.25, 0.3) is 0 Å². The smallest absolute Gasteiger partial charge is 0.416 e. The van der Waals surface area contributed by atoms with E-state index in [1.807, 2.05) is 36.4 Å². The van der Waals surface area contributed by atoms with Crippen molar-refractivity contribution in [2.45, 2.75) is 18.3 Å². The van der Waals surface area contributed by atoms with Gasteiger partial charge in [0.05, 0.1) is 30.4 Å². The molecule has 0 aromatic heterocycles. The van der Waals surface area contributed by atoms with Gasteiger partial charge in [0.2, 0.25) is 0 Å². The molecule has 0 radical (unpaired) electrons. The maximum atomic E-state index is 13.2. The summed E-state index contributed by atoms with van der Waals surface area (Å²) >= 11 is 0. The zero-order valence-corrected chi connectivity index (χ0v) is 21.4. The summed E-state index contributed by atoms with van der Waals surface area (Å²) in [4.78, 5) is 26.3. The van der Waals surface area contributed by atoms with Gasteiger partial charge in [0, 0.05) is 5.69 Å². The topological polar surface area (TPSA) is 91.5 Å². The third kappa shape index (κ3) is 7.31. The molecule has 0 aliphatic rings. The highest BCUT2D eigenvalue weighted by atomic mass is 19.4. The molecule has 4 aromatic rings. The van der Waals surface area contributed by atoms with Crippen LogP contribution >= 0.6 is 0 Å². The number of para-hydroxylation sites is 2. The lowest BCUT2D eigenvalue weighted by Crippen LogP contribution is -2.43. The number of methoxy groups -OCH3 is 1. The van der Waals surface area contributed by atoms with E-state index in [-0.39, 0.29) is 5.69 Å². The summed E-state index contributed by atoms with van der Waals surface area (Å²) in [6.45, 7) is 0. The van der Waals surface area contributed by atoms with Crippen molar-refractivity contribution in [1.82, 2.24) is 10.6 Å². The molecule has 7 nitrogen and oxygen atoms in total. The highest BCUT2D eigenvalue weighted by Crippen LogP contribution is 2.31. The lowest BCUT2D eigenvalue weighted by molar-refractivity contribution is -0.137. The molecule has 0 unspecified atom stereocenters. The molecule has 2 atom stereocenters. The van der Waals surface area contributed by atoms with Crippen molar-refractivity contribution in [3.8, 4) is 5.75 Å². The van der Waals surface area contributed by atoms with Gasteiger partial charge in [-0.1, -0.05) is 72.8 Å². The molecule has 10 heteroatoms. The van der Waals surface area contributed by atoms with Crippen molar-refractivity contribution in [3.63, 3.8) is 0 Å². The Morgan fingerprint density at radius 2 is 1.12 bits per heavy atom. The third-order valence-electron chi connectivity index (χ3n) is 6.05. The van der Waals surface area contributed by atoms with E-state index in [0.717, 1.165) is 12.1 Å². The lowest BCUT2D eigenvalue weighted by atomic mass is 9.93. The Hall–Kier alpha value is -4.99. The number of urea groups is 2. The molecular formula is C30H27F3N4O3. The van der Waals surface area contributed by atoms with E-state index in [9.17, 15) is 22.8 Å². The largest absolute Gasteiger partial charge is 0.495 e. The first-order valence-electron chi connectivity index (χ1n) is 12.3. The molecule has 4 aromatic carbocycles. The number of halogens is 3. The zero-order valence-electron chi connectivity index (χ0n) is 21.4. The van der Waals surface area contributed by atoms with E-state index in [2.05, 4.69) is 21.3 Å². The minimum absolute atomic E-state index is 0.176. The molecule has 206 valence electrons. The van der Waals surface area contributed by atoms with Crippen LogP contribution in [0.2, 0.25) is 0 Å². The summed E-state index contributed by atoms with van der Waals surface area (Å²) in [6, 6.07) is 26.5. The van der Waals surface area contributed by atoms with Crippen LogP contribution in [0.5, 0.6) is 5.75 Å². The Morgan fingerprint density at radius 1 is 0.650 bits per heavy atom. The number of alkyl halides is 3. The molecule has 0 heterocycles. The fourth-order valence-electron chi connectivity index (χ4n) is 4.14. The van der Waals surface area contributed by atoms with E-state index >= 15 is 0 Å². The quantitative estimate of drug-likeness (QED) is 0.189. The van der Waals surface area contributed by atoms with Crippen LogP contribution in [0.25, 0.3) is 0 Å². The number of hydrogen-bond donors (Lipinski definition) is 4. The monoisotopic (exact) mass is 548 g/mol. The highest BCUT2D eigenvalue weighted by molar-refractivity contribution is 5.92. The highest BCUT2D eigenvalue weighted by Gasteiger charge is 2.31. The summed E-state index contributed by atoms with van der Waals surface area (Å²) in [5.41, 5.74) is 1.21. The number of ether oxygens (including phenoxy) is 1. The predicted octanol–water partition coefficient (Wildman–Crippen LogP) is 7.14. The van der Waals surface area contributed by atoms with Gasteiger partial charge in [-0.15, -0.1) is 0 Å². The molecule has 40 heavy (non-hydrogen) atoms. The Balaban J connectivity index is 1.60. The minimum atomic E-state index is -4.49. The fraction of sp³-hybridized carbons (Fsp3) is 0.133. The van der Waals surface area contributed by atoms with Gasteiger partial charge in [-0.05, 0) is 47.5 Å². The van der Waals surface area contributed by atoms with Crippen molar-refractivity contribution in [2.24, 2.45) is 0 Å². The standard InChI is InChI=1S/C30H27F3N4O3/c1-40-25-15-9-8-14-24(25)35-29(39)37-27(21-12-6-3-7-13-21)26(20-10-4-2-5-11-20)36-28(38)34-23-18-16-22(17-19-23)30(31,32)33/h2-19,26-27H,1H3,(H2,34,36,38)(H2,35,37,39)/t26-,27-/m0/s1. The van der Waals surface area contributed by atoms with Gasteiger partial charge < -0.3 is 26.0 Å². The molecule has 0 spiro atoms. The molecule has 0 aliphatic heterocycles. The third-order valence-corrected chi connectivity index (χ3v) is 6.05. The Morgan fingerprint density at radius 3 is 1.62 bits per heavy atom. The second kappa shape index (κ2) is 12.7. The summed E-state index contributed by atoms with van der Waals surface area (Å²) in [6.07, 6.45) is -4.49. The molecule has 0 saturated carbocycles. The van der Waals surface area contributed by atoms with Gasteiger partial charge in [-0.2, -0.15) is 13.2 Å². The number of carbonyl (C=O) groups excluding carboxylic acids is 2. The first-order chi connectivity index (χ1) is 19.2. The second-order valence-corrected chi connectivity index (χ2v) is 8.75. The maximum Gasteiger partial charge on any atom is 0.416 e. The maximum absolute atomic E-state index is 13.2. The predicted molar refractivity (Wildman–Crippen MR) is 147 cm³/mol.